The van der Waals surface area contributed by atoms with Crippen LogP contribution in [0.5, 0.6) is 5.75 Å². The van der Waals surface area contributed by atoms with Gasteiger partial charge in [0, 0.05) is 32.9 Å². The number of aliphatic imine (C=N–C) groups is 1. The Morgan fingerprint density at radius 1 is 1.10 bits per heavy atom. The maximum Gasteiger partial charge on any atom is 0.491 e. The highest BCUT2D eigenvalue weighted by Crippen LogP contribution is 2.35. The Bertz CT molecular complexity index is 1590. The molecule has 0 spiro atoms. The number of halogens is 1. The monoisotopic (exact) mass is 559 g/mol. The van der Waals surface area contributed by atoms with Crippen LogP contribution in [0.15, 0.2) is 75.4 Å². The summed E-state index contributed by atoms with van der Waals surface area (Å²) in [5, 5.41) is 30.4. The van der Waals surface area contributed by atoms with Gasteiger partial charge in [-0.05, 0) is 62.4 Å². The second-order valence-electron chi connectivity index (χ2n) is 9.16. The van der Waals surface area contributed by atoms with E-state index in [0.717, 1.165) is 21.7 Å². The Balaban J connectivity index is 1.56. The summed E-state index contributed by atoms with van der Waals surface area (Å²) in [4.78, 5) is 19.2. The van der Waals surface area contributed by atoms with Crippen molar-refractivity contribution in [2.24, 2.45) is 4.99 Å². The standard InChI is InChI=1S/C28H27BFN5O4S/c1-4-31-26(36)15-24-28-34-33-16(2)35(28)25-12-7-18(39-3)13-21(25)27(32-24)17-5-8-19(9-6-17)40-20-10-11-23(30)22(14-20)29(37)38/h5-14,24,37-38H,4,15H2,1-3H3,(H,31,36)/t24-/m0/s1. The fraction of sp³-hybridized carbons (Fsp3) is 0.214. The van der Waals surface area contributed by atoms with E-state index < -0.39 is 19.0 Å². The summed E-state index contributed by atoms with van der Waals surface area (Å²) in [5.74, 6) is 1.10. The number of aryl methyl sites for hydroxylation is 1. The van der Waals surface area contributed by atoms with Crippen LogP contribution in [0, 0.1) is 12.7 Å². The number of carbonyl (C=O) groups excluding carboxylic acids is 1. The first-order chi connectivity index (χ1) is 19.3. The van der Waals surface area contributed by atoms with Crippen LogP contribution in [0.3, 0.4) is 0 Å². The smallest absolute Gasteiger partial charge is 0.491 e. The minimum absolute atomic E-state index is 0.109. The highest BCUT2D eigenvalue weighted by molar-refractivity contribution is 7.99. The number of aromatic nitrogens is 3. The van der Waals surface area contributed by atoms with Crippen LogP contribution in [0.25, 0.3) is 5.69 Å². The van der Waals surface area contributed by atoms with Gasteiger partial charge in [0.25, 0.3) is 0 Å². The molecule has 9 nitrogen and oxygen atoms in total. The van der Waals surface area contributed by atoms with E-state index in [1.54, 1.807) is 13.2 Å². The van der Waals surface area contributed by atoms with Crippen molar-refractivity contribution in [3.8, 4) is 11.4 Å². The minimum Gasteiger partial charge on any atom is -0.497 e. The molecule has 0 unspecified atom stereocenters. The molecule has 1 amide bonds. The van der Waals surface area contributed by atoms with Crippen LogP contribution in [0.4, 0.5) is 4.39 Å². The number of amides is 1. The molecule has 3 N–H and O–H groups in total. The van der Waals surface area contributed by atoms with E-state index in [-0.39, 0.29) is 17.8 Å². The molecule has 0 saturated carbocycles. The van der Waals surface area contributed by atoms with Crippen LogP contribution in [0.2, 0.25) is 0 Å². The van der Waals surface area contributed by atoms with E-state index in [9.17, 15) is 19.2 Å². The van der Waals surface area contributed by atoms with Crippen molar-refractivity contribution < 1.29 is 24.0 Å². The molecule has 204 valence electrons. The van der Waals surface area contributed by atoms with E-state index in [1.165, 1.54) is 23.9 Å². The van der Waals surface area contributed by atoms with Gasteiger partial charge in [0.1, 0.15) is 23.4 Å². The highest BCUT2D eigenvalue weighted by atomic mass is 32.2. The summed E-state index contributed by atoms with van der Waals surface area (Å²) in [5.41, 5.74) is 2.96. The van der Waals surface area contributed by atoms with E-state index in [4.69, 9.17) is 9.73 Å². The van der Waals surface area contributed by atoms with Crippen LogP contribution in [0.1, 0.15) is 42.2 Å². The van der Waals surface area contributed by atoms with E-state index in [0.29, 0.717) is 34.6 Å². The molecule has 0 bridgehead atoms. The average molecular weight is 559 g/mol. The molecule has 12 heteroatoms. The second kappa shape index (κ2) is 11.6. The normalized spacial score (nSPS) is 14.1. The third kappa shape index (κ3) is 5.51. The molecule has 0 saturated heterocycles. The van der Waals surface area contributed by atoms with Gasteiger partial charge < -0.3 is 20.1 Å². The number of hydrogen-bond acceptors (Lipinski definition) is 8. The Labute approximate surface area is 235 Å². The predicted molar refractivity (Wildman–Crippen MR) is 151 cm³/mol. The maximum atomic E-state index is 13.9. The quantitative estimate of drug-likeness (QED) is 0.284. The second-order valence-corrected chi connectivity index (χ2v) is 10.3. The summed E-state index contributed by atoms with van der Waals surface area (Å²) in [7, 11) is -0.292. The van der Waals surface area contributed by atoms with Crippen molar-refractivity contribution in [2.45, 2.75) is 36.1 Å². The summed E-state index contributed by atoms with van der Waals surface area (Å²) >= 11 is 1.36. The SMILES string of the molecule is CCNC(=O)C[C@@H]1N=C(c2ccc(Sc3ccc(F)c(B(O)O)c3)cc2)c2cc(OC)ccc2-n2c(C)nnc21. The van der Waals surface area contributed by atoms with Gasteiger partial charge in [-0.1, -0.05) is 23.9 Å². The van der Waals surface area contributed by atoms with Crippen molar-refractivity contribution >= 4 is 36.0 Å². The van der Waals surface area contributed by atoms with Gasteiger partial charge in [-0.3, -0.25) is 14.4 Å². The molecule has 40 heavy (non-hydrogen) atoms. The first-order valence-corrected chi connectivity index (χ1v) is 13.5. The Morgan fingerprint density at radius 2 is 1.85 bits per heavy atom. The zero-order valence-electron chi connectivity index (χ0n) is 22.1. The van der Waals surface area contributed by atoms with Crippen LogP contribution < -0.4 is 15.5 Å². The number of carbonyl (C=O) groups is 1. The van der Waals surface area contributed by atoms with Gasteiger partial charge in [0.05, 0.1) is 24.9 Å². The average Bonchev–Trinajstić information content (AvgIpc) is 3.27. The van der Waals surface area contributed by atoms with Gasteiger partial charge in [0.15, 0.2) is 5.82 Å². The zero-order valence-corrected chi connectivity index (χ0v) is 22.9. The molecule has 3 aromatic carbocycles. The molecule has 0 fully saturated rings. The number of nitrogens with one attached hydrogen (secondary N) is 1. The molecule has 1 aliphatic heterocycles. The molecule has 4 aromatic rings. The maximum absolute atomic E-state index is 13.9. The van der Waals surface area contributed by atoms with Gasteiger partial charge in [0.2, 0.25) is 5.91 Å². The Morgan fingerprint density at radius 3 is 2.55 bits per heavy atom. The number of benzene rings is 3. The number of hydrogen-bond donors (Lipinski definition) is 3. The van der Waals surface area contributed by atoms with Crippen molar-refractivity contribution in [2.75, 3.05) is 13.7 Å². The number of fused-ring (bicyclic) bond motifs is 3. The first kappa shape index (κ1) is 27.6. The van der Waals surface area contributed by atoms with Crippen molar-refractivity contribution in [1.29, 1.82) is 0 Å². The van der Waals surface area contributed by atoms with Crippen molar-refractivity contribution in [3.63, 3.8) is 0 Å². The topological polar surface area (TPSA) is 122 Å². The Kier molecular flexibility index (Phi) is 8.01. The number of ether oxygens (including phenoxy) is 1. The number of rotatable bonds is 8. The molecule has 1 aromatic heterocycles. The van der Waals surface area contributed by atoms with Crippen LogP contribution >= 0.6 is 11.8 Å². The summed E-state index contributed by atoms with van der Waals surface area (Å²) in [6, 6.07) is 17.0. The molecule has 5 rings (SSSR count). The van der Waals surface area contributed by atoms with E-state index in [1.807, 2.05) is 60.9 Å². The van der Waals surface area contributed by atoms with Crippen LogP contribution in [-0.2, 0) is 4.79 Å². The lowest BCUT2D eigenvalue weighted by Gasteiger charge is -2.14. The lowest BCUT2D eigenvalue weighted by molar-refractivity contribution is -0.121. The zero-order chi connectivity index (χ0) is 28.4. The molecule has 0 radical (unpaired) electrons. The van der Waals surface area contributed by atoms with Gasteiger partial charge in [-0.25, -0.2) is 4.39 Å². The molecule has 1 aliphatic rings. The molecule has 1 atom stereocenters. The number of methoxy groups -OCH3 is 1. The predicted octanol–water partition coefficient (Wildman–Crippen LogP) is 2.97. The van der Waals surface area contributed by atoms with Crippen molar-refractivity contribution in [1.82, 2.24) is 20.1 Å². The first-order valence-electron chi connectivity index (χ1n) is 12.7. The van der Waals surface area contributed by atoms with Gasteiger partial charge in [-0.2, -0.15) is 0 Å². The lowest BCUT2D eigenvalue weighted by Crippen LogP contribution is -2.32. The number of nitrogens with zero attached hydrogens (tertiary/aromatic N) is 4. The minimum atomic E-state index is -1.89. The van der Waals surface area contributed by atoms with Crippen LogP contribution in [-0.4, -0.2) is 57.2 Å². The summed E-state index contributed by atoms with van der Waals surface area (Å²) in [6.45, 7) is 4.24. The summed E-state index contributed by atoms with van der Waals surface area (Å²) in [6.07, 6.45) is 0.109. The lowest BCUT2D eigenvalue weighted by atomic mass is 9.80. The van der Waals surface area contributed by atoms with Gasteiger partial charge >= 0.3 is 7.12 Å². The fourth-order valence-electron chi connectivity index (χ4n) is 4.61. The molecule has 2 heterocycles. The van der Waals surface area contributed by atoms with E-state index >= 15 is 0 Å². The Hall–Kier alpha value is -4.00. The van der Waals surface area contributed by atoms with Gasteiger partial charge in [-0.15, -0.1) is 10.2 Å². The third-order valence-corrected chi connectivity index (χ3v) is 7.49. The molecular weight excluding hydrogens is 532 g/mol. The largest absolute Gasteiger partial charge is 0.497 e. The fourth-order valence-corrected chi connectivity index (χ4v) is 5.48. The third-order valence-electron chi connectivity index (χ3n) is 6.49. The van der Waals surface area contributed by atoms with E-state index in [2.05, 4.69) is 15.5 Å². The molecular formula is C28H27BFN5O4S. The highest BCUT2D eigenvalue weighted by Gasteiger charge is 2.30. The molecule has 0 aliphatic carbocycles. The van der Waals surface area contributed by atoms with Crippen molar-refractivity contribution in [3.05, 3.63) is 89.3 Å². The summed E-state index contributed by atoms with van der Waals surface area (Å²) < 4.78 is 21.3.